The number of aliphatic hydroxyl groups excluding tert-OH is 2. The molecule has 0 spiro atoms. The summed E-state index contributed by atoms with van der Waals surface area (Å²) in [6.45, 7) is 6.32. The smallest absolute Gasteiger partial charge is 0.306 e. The number of rotatable bonds is 46. The molecule has 0 heterocycles. The van der Waals surface area contributed by atoms with Crippen LogP contribution in [0.3, 0.4) is 0 Å². The Labute approximate surface area is 389 Å². The lowest BCUT2D eigenvalue weighted by atomic mass is 10.0. The highest BCUT2D eigenvalue weighted by Crippen LogP contribution is 2.17. The summed E-state index contributed by atoms with van der Waals surface area (Å²) in [5, 5.41) is 23.8. The van der Waals surface area contributed by atoms with Gasteiger partial charge in [0.2, 0.25) is 5.91 Å². The summed E-state index contributed by atoms with van der Waals surface area (Å²) in [5.74, 6) is -0.542. The van der Waals surface area contributed by atoms with Crippen LogP contribution in [0.15, 0.2) is 85.1 Å². The third-order valence-corrected chi connectivity index (χ3v) is 11.6. The van der Waals surface area contributed by atoms with Crippen LogP contribution in [0.4, 0.5) is 0 Å². The fraction of sp³-hybridized carbons (Fsp3) is 0.719. The van der Waals surface area contributed by atoms with Crippen molar-refractivity contribution in [3.8, 4) is 0 Å². The van der Waals surface area contributed by atoms with Crippen molar-refractivity contribution >= 4 is 11.9 Å². The van der Waals surface area contributed by atoms with Crippen molar-refractivity contribution in [3.05, 3.63) is 85.1 Å². The van der Waals surface area contributed by atoms with Gasteiger partial charge in [-0.25, -0.2) is 0 Å². The van der Waals surface area contributed by atoms with E-state index in [0.717, 1.165) is 83.5 Å². The molecule has 0 aliphatic heterocycles. The van der Waals surface area contributed by atoms with Crippen molar-refractivity contribution in [1.29, 1.82) is 0 Å². The second-order valence-corrected chi connectivity index (χ2v) is 17.7. The summed E-state index contributed by atoms with van der Waals surface area (Å²) in [5.41, 5.74) is 0. The van der Waals surface area contributed by atoms with Crippen molar-refractivity contribution in [2.24, 2.45) is 0 Å². The van der Waals surface area contributed by atoms with Crippen LogP contribution in [0.2, 0.25) is 0 Å². The van der Waals surface area contributed by atoms with Gasteiger partial charge >= 0.3 is 5.97 Å². The largest absolute Gasteiger partial charge is 0.462 e. The first-order valence-corrected chi connectivity index (χ1v) is 26.4. The van der Waals surface area contributed by atoms with Crippen LogP contribution < -0.4 is 5.32 Å². The molecule has 6 heteroatoms. The van der Waals surface area contributed by atoms with Crippen LogP contribution in [0.1, 0.15) is 239 Å². The third kappa shape index (κ3) is 45.4. The molecule has 3 unspecified atom stereocenters. The molecule has 3 atom stereocenters. The van der Waals surface area contributed by atoms with Crippen molar-refractivity contribution in [2.75, 3.05) is 6.61 Å². The third-order valence-electron chi connectivity index (χ3n) is 11.6. The number of unbranched alkanes of at least 4 members (excludes halogenated alkanes) is 25. The Morgan fingerprint density at radius 3 is 1.37 bits per heavy atom. The molecule has 0 fully saturated rings. The average Bonchev–Trinajstić information content (AvgIpc) is 3.28. The predicted octanol–water partition coefficient (Wildman–Crippen LogP) is 16.0. The van der Waals surface area contributed by atoms with Gasteiger partial charge in [0.25, 0.3) is 0 Å². The van der Waals surface area contributed by atoms with E-state index in [1.165, 1.54) is 109 Å². The molecule has 0 aliphatic rings. The molecule has 6 nitrogen and oxygen atoms in total. The Balaban J connectivity index is 4.70. The highest BCUT2D eigenvalue weighted by Gasteiger charge is 2.24. The van der Waals surface area contributed by atoms with Gasteiger partial charge in [-0.05, 0) is 70.6 Å². The first kappa shape index (κ1) is 60.0. The van der Waals surface area contributed by atoms with E-state index in [9.17, 15) is 19.8 Å². The summed E-state index contributed by atoms with van der Waals surface area (Å²) in [6, 6.07) is -0.720. The van der Waals surface area contributed by atoms with E-state index in [1.807, 2.05) is 54.7 Å². The zero-order valence-corrected chi connectivity index (χ0v) is 41.2. The highest BCUT2D eigenvalue weighted by atomic mass is 16.5. The standard InChI is InChI=1S/C57H99NO5/c1-4-7-10-13-16-19-22-25-27-28-29-32-35-38-41-44-47-50-57(62)63-53(48-45-42-39-36-33-31-26-23-20-17-14-11-8-5-2)51-56(61)58-54(52-59)55(60)49-46-43-40-37-34-30-24-21-18-15-12-9-6-3/h7,10,13,16,19,22,25,27-29,31-33,35,53-55,59-60H,4-6,8-9,11-12,14-15,17-18,20-21,23-24,26,30,34,36-52H2,1-3H3,(H,58,61)/b10-7-,16-13+,22-19+,27-25-,29-28+,33-31+,35-32+. The van der Waals surface area contributed by atoms with Crippen molar-refractivity contribution < 1.29 is 24.5 Å². The van der Waals surface area contributed by atoms with Gasteiger partial charge in [0.15, 0.2) is 0 Å². The molecular weight excluding hydrogens is 779 g/mol. The monoisotopic (exact) mass is 878 g/mol. The number of carbonyl (C=O) groups excluding carboxylic acids is 2. The highest BCUT2D eigenvalue weighted by molar-refractivity contribution is 5.77. The van der Waals surface area contributed by atoms with Gasteiger partial charge < -0.3 is 20.3 Å². The van der Waals surface area contributed by atoms with Gasteiger partial charge in [-0.3, -0.25) is 9.59 Å². The lowest BCUT2D eigenvalue weighted by molar-refractivity contribution is -0.151. The SMILES string of the molecule is CC\C=C/C=C/C=C/C=C\C=C\C=C\CCCCCC(=O)OC(CCCCC/C=C/CCCCCCCCC)CC(=O)NC(CO)C(O)CCCCCCCCCCCCCCC. The van der Waals surface area contributed by atoms with Gasteiger partial charge in [0, 0.05) is 6.42 Å². The normalized spacial score (nSPS) is 13.9. The number of ether oxygens (including phenoxy) is 1. The summed E-state index contributed by atoms with van der Waals surface area (Å²) >= 11 is 0. The number of hydrogen-bond acceptors (Lipinski definition) is 5. The number of aliphatic hydroxyl groups is 2. The maximum absolute atomic E-state index is 13.2. The fourth-order valence-electron chi connectivity index (χ4n) is 7.63. The van der Waals surface area contributed by atoms with Gasteiger partial charge in [0.1, 0.15) is 6.10 Å². The van der Waals surface area contributed by atoms with E-state index in [4.69, 9.17) is 4.74 Å². The number of esters is 1. The second kappa shape index (κ2) is 50.0. The maximum atomic E-state index is 13.2. The summed E-state index contributed by atoms with van der Waals surface area (Å²) in [6.07, 6.45) is 64.9. The summed E-state index contributed by atoms with van der Waals surface area (Å²) in [7, 11) is 0. The van der Waals surface area contributed by atoms with Gasteiger partial charge in [0.05, 0.1) is 25.2 Å². The fourth-order valence-corrected chi connectivity index (χ4v) is 7.63. The zero-order valence-electron chi connectivity index (χ0n) is 41.2. The maximum Gasteiger partial charge on any atom is 0.306 e. The van der Waals surface area contributed by atoms with Crippen LogP contribution in [-0.4, -0.2) is 46.9 Å². The molecule has 0 rings (SSSR count). The minimum atomic E-state index is -0.803. The topological polar surface area (TPSA) is 95.9 Å². The predicted molar refractivity (Wildman–Crippen MR) is 273 cm³/mol. The molecule has 0 aliphatic carbocycles. The zero-order chi connectivity index (χ0) is 45.9. The molecular formula is C57H99NO5. The Morgan fingerprint density at radius 2 is 0.873 bits per heavy atom. The van der Waals surface area contributed by atoms with Crippen LogP contribution >= 0.6 is 0 Å². The lowest BCUT2D eigenvalue weighted by Crippen LogP contribution is -2.46. The lowest BCUT2D eigenvalue weighted by Gasteiger charge is -2.24. The molecule has 0 aromatic heterocycles. The molecule has 0 saturated heterocycles. The molecule has 0 bridgehead atoms. The van der Waals surface area contributed by atoms with E-state index < -0.39 is 18.2 Å². The minimum Gasteiger partial charge on any atom is -0.462 e. The quantitative estimate of drug-likeness (QED) is 0.0245. The Kier molecular flexibility index (Phi) is 47.7. The molecule has 63 heavy (non-hydrogen) atoms. The van der Waals surface area contributed by atoms with E-state index in [-0.39, 0.29) is 24.9 Å². The number of amides is 1. The Morgan fingerprint density at radius 1 is 0.476 bits per heavy atom. The Hall–Kier alpha value is -2.96. The van der Waals surface area contributed by atoms with Gasteiger partial charge in [-0.1, -0.05) is 241 Å². The van der Waals surface area contributed by atoms with E-state index in [2.05, 4.69) is 56.5 Å². The van der Waals surface area contributed by atoms with Crippen LogP contribution in [-0.2, 0) is 14.3 Å². The minimum absolute atomic E-state index is 0.0452. The number of nitrogens with one attached hydrogen (secondary N) is 1. The van der Waals surface area contributed by atoms with Gasteiger partial charge in [-0.2, -0.15) is 0 Å². The van der Waals surface area contributed by atoms with E-state index in [1.54, 1.807) is 0 Å². The summed E-state index contributed by atoms with van der Waals surface area (Å²) in [4.78, 5) is 26.2. The first-order chi connectivity index (χ1) is 31.0. The first-order valence-electron chi connectivity index (χ1n) is 26.4. The van der Waals surface area contributed by atoms with Crippen LogP contribution in [0.5, 0.6) is 0 Å². The molecule has 3 N–H and O–H groups in total. The van der Waals surface area contributed by atoms with Gasteiger partial charge in [-0.15, -0.1) is 0 Å². The van der Waals surface area contributed by atoms with Crippen LogP contribution in [0.25, 0.3) is 0 Å². The molecule has 0 aromatic rings. The van der Waals surface area contributed by atoms with Crippen molar-refractivity contribution in [3.63, 3.8) is 0 Å². The average molecular weight is 878 g/mol. The second-order valence-electron chi connectivity index (χ2n) is 17.7. The molecule has 1 amide bonds. The molecule has 0 radical (unpaired) electrons. The van der Waals surface area contributed by atoms with Crippen molar-refractivity contribution in [1.82, 2.24) is 5.32 Å². The Bertz CT molecular complexity index is 1210. The molecule has 362 valence electrons. The van der Waals surface area contributed by atoms with Crippen LogP contribution in [0, 0.1) is 0 Å². The van der Waals surface area contributed by atoms with E-state index in [0.29, 0.717) is 19.3 Å². The number of hydrogen-bond donors (Lipinski definition) is 3. The number of allylic oxidation sites excluding steroid dienone is 14. The molecule has 0 aromatic carbocycles. The van der Waals surface area contributed by atoms with E-state index >= 15 is 0 Å². The number of carbonyl (C=O) groups is 2. The van der Waals surface area contributed by atoms with Crippen molar-refractivity contribution in [2.45, 2.75) is 257 Å². The molecule has 0 saturated carbocycles. The summed E-state index contributed by atoms with van der Waals surface area (Å²) < 4.78 is 5.91.